The Bertz CT molecular complexity index is 5050. The number of nitrogens with one attached hydrogen (secondary N) is 4. The lowest BCUT2D eigenvalue weighted by molar-refractivity contribution is 0.0483. The number of nitrogen functional groups attached to an aromatic ring is 1. The lowest BCUT2D eigenvalue weighted by Crippen LogP contribution is -2.46. The van der Waals surface area contributed by atoms with Gasteiger partial charge in [-0.25, -0.2) is 24.5 Å². The van der Waals surface area contributed by atoms with Gasteiger partial charge < -0.3 is 55.1 Å². The smallest absolute Gasteiger partial charge is 0.407 e. The number of aromatic nitrogens is 18. The molecule has 0 unspecified atom stereocenters. The quantitative estimate of drug-likeness (QED) is 0.0700. The molecule has 35 heteroatoms. The second-order valence-electron chi connectivity index (χ2n) is 30.5. The van der Waals surface area contributed by atoms with Gasteiger partial charge in [0, 0.05) is 155 Å². The van der Waals surface area contributed by atoms with Gasteiger partial charge in [0.05, 0.1) is 35.1 Å². The predicted molar refractivity (Wildman–Crippen MR) is 432 cm³/mol. The maximum Gasteiger partial charge on any atom is 0.407 e. The van der Waals surface area contributed by atoms with Gasteiger partial charge in [0.25, 0.3) is 0 Å². The fourth-order valence-corrected chi connectivity index (χ4v) is 17.6. The summed E-state index contributed by atoms with van der Waals surface area (Å²) in [5, 5.41) is 20.9. The number of nitrogens with zero attached hydrogens (tertiary/aromatic N) is 20. The Balaban J connectivity index is 0.000000124. The zero-order valence-corrected chi connectivity index (χ0v) is 66.2. The number of ether oxygens (including phenoxy) is 2. The van der Waals surface area contributed by atoms with E-state index >= 15 is 0 Å². The van der Waals surface area contributed by atoms with E-state index in [-0.39, 0.29) is 23.5 Å². The summed E-state index contributed by atoms with van der Waals surface area (Å²) in [6, 6.07) is 8.25. The number of halogens is 2. The highest BCUT2D eigenvalue weighted by Crippen LogP contribution is 2.41. The SMILES string of the molecule is CC(C)(C)OC(=O)NC1CCCCC1.CC(C)(C)OC(=O)NC1CCN(c2nc(Nc3ncc4c5ccncc5n(C5CCCC5)c4n3)ns2)CC1.Clc1nsc(Cl)n1.NC1CCN(c2nc(Nc3ncc4c5ccncc5n(C5CCCC5)c4n3)ns2)CC1.Nc1ncc2c3ccncc3n(C3CCCC3)c2n1. The first-order chi connectivity index (χ1) is 52.7. The maximum atomic E-state index is 12.1. The van der Waals surface area contributed by atoms with Crippen LogP contribution in [-0.4, -0.2) is 154 Å². The Morgan fingerprint density at radius 1 is 0.450 bits per heavy atom. The Hall–Kier alpha value is -9.15. The van der Waals surface area contributed by atoms with Crippen LogP contribution < -0.4 is 42.5 Å². The molecule has 4 saturated carbocycles. The van der Waals surface area contributed by atoms with Gasteiger partial charge in [-0.15, -0.1) is 0 Å². The van der Waals surface area contributed by atoms with E-state index in [1.165, 1.54) is 107 Å². The summed E-state index contributed by atoms with van der Waals surface area (Å²) < 4.78 is 30.5. The molecular formula is C74H94Cl2N26O4S3. The minimum Gasteiger partial charge on any atom is -0.444 e. The monoisotopic (exact) mass is 1580 g/mol. The molecule has 6 fully saturated rings. The normalized spacial score (nSPS) is 17.3. The van der Waals surface area contributed by atoms with Crippen LogP contribution in [0.2, 0.25) is 9.75 Å². The summed E-state index contributed by atoms with van der Waals surface area (Å²) in [5.41, 5.74) is 17.1. The molecule has 0 spiro atoms. The van der Waals surface area contributed by atoms with Crippen molar-refractivity contribution in [2.75, 3.05) is 52.3 Å². The second-order valence-corrected chi connectivity index (χ2v) is 33.6. The number of amides is 2. The van der Waals surface area contributed by atoms with Crippen molar-refractivity contribution in [2.45, 2.75) is 224 Å². The first-order valence-electron chi connectivity index (χ1n) is 37.9. The molecule has 30 nitrogen and oxygen atoms in total. The lowest BCUT2D eigenvalue weighted by Gasteiger charge is -2.32. The molecule has 0 radical (unpaired) electrons. The summed E-state index contributed by atoms with van der Waals surface area (Å²) in [4.78, 5) is 81.4. The molecule has 18 rings (SSSR count). The molecule has 576 valence electrons. The molecule has 4 aliphatic carbocycles. The summed E-state index contributed by atoms with van der Waals surface area (Å²) >= 11 is 14.4. The summed E-state index contributed by atoms with van der Waals surface area (Å²) in [5.74, 6) is 2.37. The van der Waals surface area contributed by atoms with Crippen molar-refractivity contribution in [3.8, 4) is 0 Å². The van der Waals surface area contributed by atoms with E-state index in [1.807, 2.05) is 109 Å². The van der Waals surface area contributed by atoms with Crippen molar-refractivity contribution in [1.82, 2.24) is 97.3 Å². The van der Waals surface area contributed by atoms with E-state index < -0.39 is 11.2 Å². The number of piperidine rings is 2. The first kappa shape index (κ1) is 76.6. The largest absolute Gasteiger partial charge is 0.444 e. The van der Waals surface area contributed by atoms with E-state index in [0.717, 1.165) is 165 Å². The standard InChI is InChI=1S/C26H33N9O2S.C21H25N9S.C14H15N5.C11H21NO2.C2Cl2N2S/c1-26(2,3)37-25(36)29-16-9-12-34(13-10-16)24-32-23(33-38-24)31-22-28-14-19-18-8-11-27-15-20(18)35(21(19)30-22)17-6-4-5-7-17;22-13-6-9-29(10-7-13)21-27-20(28-31-21)26-19-24-11-16-15-5-8-23-12-17(15)30(18(16)25-19)14-3-1-2-4-14;15-14-17-7-11-10-5-6-16-8-12(10)19(13(11)18-14)9-3-1-2-4-9;1-11(2,3)14-10(13)12-9-7-5-4-6-8-9;3-1-5-2(4)7-6-1/h8,11,14-17H,4-7,9-10,12-13H2,1-3H3,(H,29,36)(H,28,30,31,33);5,8,11-14H,1-4,6-7,9-10,22H2,(H,24,25,26,28);5-9H,1-4H2,(H2,15,17,18);9H,4-8H2,1-3H3,(H,12,13);. The number of carbonyl (C=O) groups is 2. The number of hydrogen-bond donors (Lipinski definition) is 6. The minimum atomic E-state index is -0.501. The fraction of sp³-hybridized carbons (Fsp3) is 0.527. The third-order valence-corrected chi connectivity index (χ3v) is 23.0. The predicted octanol–water partition coefficient (Wildman–Crippen LogP) is 16.2. The number of nitrogens with two attached hydrogens (primary N) is 2. The number of rotatable bonds is 11. The number of fused-ring (bicyclic) bond motifs is 9. The van der Waals surface area contributed by atoms with Gasteiger partial charge >= 0.3 is 12.2 Å². The van der Waals surface area contributed by atoms with Crippen LogP contribution in [0.3, 0.4) is 0 Å². The first-order valence-corrected chi connectivity index (χ1v) is 41.0. The lowest BCUT2D eigenvalue weighted by atomic mass is 9.96. The minimum absolute atomic E-state index is 0.0913. The Morgan fingerprint density at radius 2 is 0.835 bits per heavy atom. The number of carbonyl (C=O) groups excluding carboxylic acids is 2. The van der Waals surface area contributed by atoms with Gasteiger partial charge in [-0.3, -0.25) is 25.6 Å². The van der Waals surface area contributed by atoms with Gasteiger partial charge in [0.1, 0.15) is 28.1 Å². The number of alkyl carbamates (subject to hydrolysis) is 2. The fourth-order valence-electron chi connectivity index (χ4n) is 15.4. The Kier molecular flexibility index (Phi) is 24.2. The molecule has 2 aliphatic heterocycles. The van der Waals surface area contributed by atoms with Crippen LogP contribution in [0.1, 0.15) is 195 Å². The molecule has 0 bridgehead atoms. The molecule has 12 aromatic heterocycles. The van der Waals surface area contributed by atoms with E-state index in [9.17, 15) is 9.59 Å². The molecule has 6 aliphatic rings. The zero-order chi connectivity index (χ0) is 75.8. The van der Waals surface area contributed by atoms with Gasteiger partial charge in [-0.05, 0) is 172 Å². The van der Waals surface area contributed by atoms with Crippen LogP contribution in [0.15, 0.2) is 74.0 Å². The van der Waals surface area contributed by atoms with Crippen LogP contribution in [0.5, 0.6) is 0 Å². The number of pyridine rings is 3. The summed E-state index contributed by atoms with van der Waals surface area (Å²) in [7, 11) is 0. The molecule has 14 heterocycles. The highest BCUT2D eigenvalue weighted by molar-refractivity contribution is 7.10. The van der Waals surface area contributed by atoms with Crippen LogP contribution in [0.4, 0.5) is 49.6 Å². The summed E-state index contributed by atoms with van der Waals surface area (Å²) in [6.45, 7) is 14.7. The summed E-state index contributed by atoms with van der Waals surface area (Å²) in [6.07, 6.45) is 40.4. The maximum absolute atomic E-state index is 12.1. The Morgan fingerprint density at radius 3 is 1.22 bits per heavy atom. The van der Waals surface area contributed by atoms with Crippen molar-refractivity contribution < 1.29 is 19.1 Å². The average Bonchev–Trinajstić information content (AvgIpc) is 1.61. The highest BCUT2D eigenvalue weighted by Gasteiger charge is 2.30. The van der Waals surface area contributed by atoms with Gasteiger partial charge in [-0.1, -0.05) is 57.8 Å². The van der Waals surface area contributed by atoms with Crippen LogP contribution in [-0.2, 0) is 9.47 Å². The molecule has 0 aromatic carbocycles. The van der Waals surface area contributed by atoms with E-state index in [4.69, 9.17) is 59.1 Å². The van der Waals surface area contributed by atoms with Gasteiger partial charge in [-0.2, -0.15) is 43.0 Å². The van der Waals surface area contributed by atoms with Crippen molar-refractivity contribution in [3.05, 3.63) is 83.7 Å². The molecular weight excluding hydrogens is 1480 g/mol. The third-order valence-electron chi connectivity index (χ3n) is 20.4. The topological polar surface area (TPSA) is 367 Å². The van der Waals surface area contributed by atoms with Crippen molar-refractivity contribution in [3.63, 3.8) is 0 Å². The molecule has 2 amide bonds. The van der Waals surface area contributed by atoms with Crippen LogP contribution >= 0.6 is 57.8 Å². The zero-order valence-electron chi connectivity index (χ0n) is 62.3. The van der Waals surface area contributed by atoms with Crippen molar-refractivity contribution in [2.24, 2.45) is 5.73 Å². The van der Waals surface area contributed by atoms with E-state index in [1.54, 1.807) is 0 Å². The third kappa shape index (κ3) is 19.0. The molecule has 0 atom stereocenters. The van der Waals surface area contributed by atoms with E-state index in [0.29, 0.717) is 64.4 Å². The molecule has 2 saturated heterocycles. The van der Waals surface area contributed by atoms with Gasteiger partial charge in [0.2, 0.25) is 49.8 Å². The van der Waals surface area contributed by atoms with Crippen molar-refractivity contribution in [1.29, 1.82) is 0 Å². The second kappa shape index (κ2) is 34.4. The molecule has 109 heavy (non-hydrogen) atoms. The van der Waals surface area contributed by atoms with Gasteiger partial charge in [0.15, 0.2) is 0 Å². The van der Waals surface area contributed by atoms with Crippen LogP contribution in [0, 0.1) is 0 Å². The number of anilines is 7. The highest BCUT2D eigenvalue weighted by atomic mass is 35.5. The average molecular weight is 1580 g/mol. The van der Waals surface area contributed by atoms with Crippen LogP contribution in [0.25, 0.3) is 65.8 Å². The molecule has 12 aromatic rings. The number of hydrogen-bond acceptors (Lipinski definition) is 28. The molecule has 8 N–H and O–H groups in total. The van der Waals surface area contributed by atoms with Crippen molar-refractivity contribution >= 4 is 176 Å². The Labute approximate surface area is 653 Å². The van der Waals surface area contributed by atoms with E-state index in [2.05, 4.69) is 109 Å².